The van der Waals surface area contributed by atoms with E-state index in [4.69, 9.17) is 5.73 Å². The van der Waals surface area contributed by atoms with Gasteiger partial charge in [-0.05, 0) is 25.8 Å². The molecule has 0 fully saturated rings. The largest absolute Gasteiger partial charge is 0.330 e. The first kappa shape index (κ1) is 12.5. The molecular formula is C12H23N. The van der Waals surface area contributed by atoms with Gasteiger partial charge in [0.05, 0.1) is 0 Å². The Bertz CT molecular complexity index is 141. The van der Waals surface area contributed by atoms with Gasteiger partial charge in [0.1, 0.15) is 0 Å². The lowest BCUT2D eigenvalue weighted by molar-refractivity contribution is 0.700. The quantitative estimate of drug-likeness (QED) is 0.474. The minimum absolute atomic E-state index is 0.823. The minimum atomic E-state index is 0.823. The van der Waals surface area contributed by atoms with Crippen molar-refractivity contribution >= 4 is 0 Å². The number of unbranched alkanes of at least 4 members (excludes halogenated alkanes) is 6. The van der Waals surface area contributed by atoms with Crippen LogP contribution >= 0.6 is 0 Å². The molecule has 0 atom stereocenters. The second kappa shape index (κ2) is 11.5. The van der Waals surface area contributed by atoms with E-state index in [2.05, 4.69) is 18.8 Å². The molecule has 0 aliphatic rings. The maximum Gasteiger partial charge on any atom is 0.00886 e. The third-order valence-corrected chi connectivity index (χ3v) is 2.04. The molecule has 2 N–H and O–H groups in total. The first-order chi connectivity index (χ1) is 6.41. The van der Waals surface area contributed by atoms with Crippen LogP contribution in [0.4, 0.5) is 0 Å². The van der Waals surface area contributed by atoms with E-state index in [1.165, 1.54) is 32.1 Å². The Labute approximate surface area is 83.1 Å². The van der Waals surface area contributed by atoms with Crippen LogP contribution in [0.3, 0.4) is 0 Å². The van der Waals surface area contributed by atoms with Crippen LogP contribution in [-0.4, -0.2) is 6.54 Å². The smallest absolute Gasteiger partial charge is 0.00886 e. The number of hydrogen-bond acceptors (Lipinski definition) is 1. The van der Waals surface area contributed by atoms with Crippen molar-refractivity contribution in [2.45, 2.75) is 58.3 Å². The zero-order valence-electron chi connectivity index (χ0n) is 8.94. The van der Waals surface area contributed by atoms with Gasteiger partial charge in [-0.15, -0.1) is 11.8 Å². The molecule has 0 aromatic heterocycles. The Morgan fingerprint density at radius 2 is 1.46 bits per heavy atom. The van der Waals surface area contributed by atoms with Crippen molar-refractivity contribution in [1.29, 1.82) is 0 Å². The summed E-state index contributed by atoms with van der Waals surface area (Å²) in [4.78, 5) is 0. The fourth-order valence-corrected chi connectivity index (χ4v) is 1.17. The molecule has 0 aromatic carbocycles. The van der Waals surface area contributed by atoms with Gasteiger partial charge in [0.2, 0.25) is 0 Å². The fraction of sp³-hybridized carbons (Fsp3) is 0.833. The summed E-state index contributed by atoms with van der Waals surface area (Å²) in [6.45, 7) is 3.05. The second-order valence-electron chi connectivity index (χ2n) is 3.41. The van der Waals surface area contributed by atoms with Gasteiger partial charge in [0.25, 0.3) is 0 Å². The zero-order valence-corrected chi connectivity index (χ0v) is 8.94. The molecule has 0 aliphatic carbocycles. The molecule has 0 aliphatic heterocycles. The summed E-state index contributed by atoms with van der Waals surface area (Å²) >= 11 is 0. The van der Waals surface area contributed by atoms with Crippen molar-refractivity contribution in [3.05, 3.63) is 0 Å². The van der Waals surface area contributed by atoms with E-state index in [-0.39, 0.29) is 0 Å². The first-order valence-electron chi connectivity index (χ1n) is 5.57. The van der Waals surface area contributed by atoms with Crippen LogP contribution < -0.4 is 5.73 Å². The van der Waals surface area contributed by atoms with Gasteiger partial charge in [-0.1, -0.05) is 26.2 Å². The number of hydrogen-bond donors (Lipinski definition) is 1. The molecule has 0 aromatic rings. The van der Waals surface area contributed by atoms with Gasteiger partial charge >= 0.3 is 0 Å². The zero-order chi connectivity index (χ0) is 9.78. The Balaban J connectivity index is 3.02. The van der Waals surface area contributed by atoms with Crippen molar-refractivity contribution < 1.29 is 0 Å². The Kier molecular flexibility index (Phi) is 11.1. The lowest BCUT2D eigenvalue weighted by atomic mass is 10.2. The predicted octanol–water partition coefficient (Wildman–Crippen LogP) is 3.09. The Morgan fingerprint density at radius 1 is 0.846 bits per heavy atom. The van der Waals surface area contributed by atoms with Gasteiger partial charge in [-0.25, -0.2) is 0 Å². The molecule has 1 nitrogen and oxygen atoms in total. The molecule has 0 saturated heterocycles. The highest BCUT2D eigenvalue weighted by molar-refractivity contribution is 4.98. The van der Waals surface area contributed by atoms with Gasteiger partial charge in [-0.2, -0.15) is 0 Å². The lowest BCUT2D eigenvalue weighted by Gasteiger charge is -1.92. The van der Waals surface area contributed by atoms with Gasteiger partial charge in [-0.3, -0.25) is 0 Å². The third-order valence-electron chi connectivity index (χ3n) is 2.04. The normalized spacial score (nSPS) is 9.38. The summed E-state index contributed by atoms with van der Waals surface area (Å²) < 4.78 is 0. The van der Waals surface area contributed by atoms with E-state index in [9.17, 15) is 0 Å². The molecule has 0 heterocycles. The van der Waals surface area contributed by atoms with Crippen LogP contribution in [0.5, 0.6) is 0 Å². The summed E-state index contributed by atoms with van der Waals surface area (Å²) in [6.07, 6.45) is 9.64. The fourth-order valence-electron chi connectivity index (χ4n) is 1.17. The van der Waals surface area contributed by atoms with E-state index >= 15 is 0 Å². The van der Waals surface area contributed by atoms with E-state index in [1.807, 2.05) is 0 Å². The van der Waals surface area contributed by atoms with Crippen molar-refractivity contribution in [3.63, 3.8) is 0 Å². The standard InChI is InChI=1S/C12H23N/c1-2-3-4-5-6-7-8-9-10-11-12-13/h2-5,8-13H2,1H3. The summed E-state index contributed by atoms with van der Waals surface area (Å²) in [5.74, 6) is 6.43. The van der Waals surface area contributed by atoms with Crippen molar-refractivity contribution in [1.82, 2.24) is 0 Å². The molecule has 0 saturated carbocycles. The molecule has 1 heteroatoms. The van der Waals surface area contributed by atoms with Crippen LogP contribution in [-0.2, 0) is 0 Å². The summed E-state index contributed by atoms with van der Waals surface area (Å²) in [5, 5.41) is 0. The van der Waals surface area contributed by atoms with E-state index in [1.54, 1.807) is 0 Å². The van der Waals surface area contributed by atoms with Crippen LogP contribution in [0.15, 0.2) is 0 Å². The highest BCUT2D eigenvalue weighted by atomic mass is 14.5. The van der Waals surface area contributed by atoms with Crippen LogP contribution in [0.2, 0.25) is 0 Å². The van der Waals surface area contributed by atoms with Crippen LogP contribution in [0.25, 0.3) is 0 Å². The third kappa shape index (κ3) is 11.5. The van der Waals surface area contributed by atoms with E-state index < -0.39 is 0 Å². The predicted molar refractivity (Wildman–Crippen MR) is 59.4 cm³/mol. The monoisotopic (exact) mass is 181 g/mol. The second-order valence-corrected chi connectivity index (χ2v) is 3.41. The Morgan fingerprint density at radius 3 is 2.00 bits per heavy atom. The van der Waals surface area contributed by atoms with Crippen molar-refractivity contribution in [2.24, 2.45) is 5.73 Å². The maximum absolute atomic E-state index is 5.39. The molecule has 76 valence electrons. The van der Waals surface area contributed by atoms with Crippen LogP contribution in [0.1, 0.15) is 58.3 Å². The molecule has 0 spiro atoms. The van der Waals surface area contributed by atoms with Crippen molar-refractivity contribution in [2.75, 3.05) is 6.54 Å². The highest BCUT2D eigenvalue weighted by Gasteiger charge is 1.84. The highest BCUT2D eigenvalue weighted by Crippen LogP contribution is 1.99. The Hall–Kier alpha value is -0.480. The van der Waals surface area contributed by atoms with Crippen LogP contribution in [0, 0.1) is 11.8 Å². The number of rotatable bonds is 7. The molecule has 13 heavy (non-hydrogen) atoms. The maximum atomic E-state index is 5.39. The van der Waals surface area contributed by atoms with Crippen molar-refractivity contribution in [3.8, 4) is 11.8 Å². The first-order valence-corrected chi connectivity index (χ1v) is 5.57. The molecule has 0 radical (unpaired) electrons. The summed E-state index contributed by atoms with van der Waals surface area (Å²) in [6, 6.07) is 0. The minimum Gasteiger partial charge on any atom is -0.330 e. The van der Waals surface area contributed by atoms with Gasteiger partial charge in [0.15, 0.2) is 0 Å². The summed E-state index contributed by atoms with van der Waals surface area (Å²) in [5.41, 5.74) is 5.39. The molecule has 0 bridgehead atoms. The topological polar surface area (TPSA) is 26.0 Å². The van der Waals surface area contributed by atoms with Gasteiger partial charge in [0, 0.05) is 12.8 Å². The lowest BCUT2D eigenvalue weighted by Crippen LogP contribution is -1.97. The summed E-state index contributed by atoms with van der Waals surface area (Å²) in [7, 11) is 0. The average Bonchev–Trinajstić information content (AvgIpc) is 2.16. The SMILES string of the molecule is CCCCCC#CCCCCCN. The molecule has 0 unspecified atom stereocenters. The molecular weight excluding hydrogens is 158 g/mol. The molecule has 0 rings (SSSR count). The average molecular weight is 181 g/mol. The van der Waals surface area contributed by atoms with Gasteiger partial charge < -0.3 is 5.73 Å². The molecule has 0 amide bonds. The number of nitrogens with two attached hydrogens (primary N) is 1. The van der Waals surface area contributed by atoms with E-state index in [0.29, 0.717) is 0 Å². The van der Waals surface area contributed by atoms with E-state index in [0.717, 1.165) is 25.8 Å².